The van der Waals surface area contributed by atoms with E-state index in [1.54, 1.807) is 6.07 Å². The third-order valence-electron chi connectivity index (χ3n) is 4.36. The van der Waals surface area contributed by atoms with E-state index in [0.29, 0.717) is 30.1 Å². The van der Waals surface area contributed by atoms with Gasteiger partial charge in [-0.15, -0.1) is 0 Å². The Labute approximate surface area is 126 Å². The van der Waals surface area contributed by atoms with Gasteiger partial charge in [-0.1, -0.05) is 13.8 Å². The normalized spacial score (nSPS) is 25.6. The van der Waals surface area contributed by atoms with Crippen molar-refractivity contribution in [2.45, 2.75) is 58.5 Å². The van der Waals surface area contributed by atoms with Crippen LogP contribution < -0.4 is 5.32 Å². The quantitative estimate of drug-likeness (QED) is 0.890. The summed E-state index contributed by atoms with van der Waals surface area (Å²) in [7, 11) is 0. The molecule has 1 heterocycles. The molecule has 1 amide bonds. The highest BCUT2D eigenvalue weighted by atomic mass is 16.3. The molecule has 5 heteroatoms. The topological polar surface area (TPSA) is 75.1 Å². The van der Waals surface area contributed by atoms with Crippen LogP contribution in [0.15, 0.2) is 6.07 Å². The van der Waals surface area contributed by atoms with E-state index < -0.39 is 5.60 Å². The van der Waals surface area contributed by atoms with Crippen LogP contribution in [0.25, 0.3) is 0 Å². The molecule has 21 heavy (non-hydrogen) atoms. The van der Waals surface area contributed by atoms with Crippen LogP contribution in [0.2, 0.25) is 0 Å². The highest BCUT2D eigenvalue weighted by molar-refractivity contribution is 5.95. The van der Waals surface area contributed by atoms with Gasteiger partial charge in [-0.3, -0.25) is 4.79 Å². The number of carbonyl (C=O) groups excluding carboxylic acids is 1. The molecule has 0 bridgehead atoms. The van der Waals surface area contributed by atoms with Gasteiger partial charge in [0.25, 0.3) is 5.91 Å². The molecule has 0 unspecified atom stereocenters. The summed E-state index contributed by atoms with van der Waals surface area (Å²) in [6.07, 6.45) is 4.20. The lowest BCUT2D eigenvalue weighted by Crippen LogP contribution is -2.45. The fraction of sp³-hybridized carbons (Fsp3) is 0.688. The maximum Gasteiger partial charge on any atom is 0.253 e. The van der Waals surface area contributed by atoms with Crippen molar-refractivity contribution in [2.24, 2.45) is 5.92 Å². The first kappa shape index (κ1) is 15.9. The fourth-order valence-corrected chi connectivity index (χ4v) is 2.79. The summed E-state index contributed by atoms with van der Waals surface area (Å²) >= 11 is 0. The van der Waals surface area contributed by atoms with Gasteiger partial charge in [0.05, 0.1) is 22.6 Å². The van der Waals surface area contributed by atoms with E-state index in [4.69, 9.17) is 0 Å². The first-order valence-corrected chi connectivity index (χ1v) is 7.77. The molecule has 1 aromatic heterocycles. The Morgan fingerprint density at radius 3 is 2.71 bits per heavy atom. The molecular formula is C16H25N3O2. The number of nitrogens with zero attached hydrogens (tertiary/aromatic N) is 2. The van der Waals surface area contributed by atoms with Gasteiger partial charge in [-0.25, -0.2) is 0 Å². The molecule has 0 aliphatic heterocycles. The molecule has 1 saturated carbocycles. The van der Waals surface area contributed by atoms with Crippen LogP contribution in [-0.4, -0.2) is 33.4 Å². The second-order valence-corrected chi connectivity index (χ2v) is 6.29. The number of aliphatic hydroxyl groups is 1. The summed E-state index contributed by atoms with van der Waals surface area (Å²) in [6.45, 7) is 6.28. The molecule has 116 valence electrons. The molecule has 0 radical (unpaired) electrons. The lowest BCUT2D eigenvalue weighted by atomic mass is 9.79. The van der Waals surface area contributed by atoms with Crippen molar-refractivity contribution < 1.29 is 9.90 Å². The molecule has 1 aliphatic rings. The van der Waals surface area contributed by atoms with Gasteiger partial charge in [0.15, 0.2) is 0 Å². The van der Waals surface area contributed by atoms with Crippen LogP contribution >= 0.6 is 0 Å². The maximum absolute atomic E-state index is 12.3. The number of aryl methyl sites for hydroxylation is 2. The summed E-state index contributed by atoms with van der Waals surface area (Å²) in [4.78, 5) is 12.3. The zero-order chi connectivity index (χ0) is 15.5. The van der Waals surface area contributed by atoms with Crippen molar-refractivity contribution in [3.05, 3.63) is 23.0 Å². The Hall–Kier alpha value is -1.49. The van der Waals surface area contributed by atoms with E-state index in [0.717, 1.165) is 31.4 Å². The van der Waals surface area contributed by atoms with Crippen molar-refractivity contribution in [3.8, 4) is 0 Å². The Morgan fingerprint density at radius 2 is 2.10 bits per heavy atom. The lowest BCUT2D eigenvalue weighted by Gasteiger charge is -2.35. The zero-order valence-corrected chi connectivity index (χ0v) is 13.1. The number of aromatic nitrogens is 2. The van der Waals surface area contributed by atoms with E-state index >= 15 is 0 Å². The second kappa shape index (κ2) is 6.52. The van der Waals surface area contributed by atoms with Gasteiger partial charge in [-0.2, -0.15) is 10.2 Å². The predicted octanol–water partition coefficient (Wildman–Crippen LogP) is 2.02. The van der Waals surface area contributed by atoms with Crippen molar-refractivity contribution in [3.63, 3.8) is 0 Å². The number of hydrogen-bond acceptors (Lipinski definition) is 4. The van der Waals surface area contributed by atoms with Crippen LogP contribution in [0.4, 0.5) is 0 Å². The largest absolute Gasteiger partial charge is 0.388 e. The standard InChI is InChI=1S/C16H25N3O2/c1-4-14-13(9-12(3)18-19-14)15(20)17-10-16(21)7-5-11(2)6-8-16/h9,11,21H,4-8,10H2,1-3H3,(H,17,20). The number of rotatable bonds is 4. The predicted molar refractivity (Wildman–Crippen MR) is 81.1 cm³/mol. The minimum absolute atomic E-state index is 0.170. The van der Waals surface area contributed by atoms with Crippen LogP contribution in [0.1, 0.15) is 61.3 Å². The van der Waals surface area contributed by atoms with Gasteiger partial charge in [0, 0.05) is 6.54 Å². The fourth-order valence-electron chi connectivity index (χ4n) is 2.79. The lowest BCUT2D eigenvalue weighted by molar-refractivity contribution is -0.00541. The van der Waals surface area contributed by atoms with Crippen LogP contribution in [0.5, 0.6) is 0 Å². The van der Waals surface area contributed by atoms with Crippen molar-refractivity contribution >= 4 is 5.91 Å². The summed E-state index contributed by atoms with van der Waals surface area (Å²) in [5.74, 6) is 0.497. The van der Waals surface area contributed by atoms with Crippen molar-refractivity contribution in [1.29, 1.82) is 0 Å². The van der Waals surface area contributed by atoms with Crippen LogP contribution in [-0.2, 0) is 6.42 Å². The SMILES string of the molecule is CCc1nnc(C)cc1C(=O)NCC1(O)CCC(C)CC1. The summed E-state index contributed by atoms with van der Waals surface area (Å²) in [5, 5.41) is 21.4. The van der Waals surface area contributed by atoms with Gasteiger partial charge >= 0.3 is 0 Å². The van der Waals surface area contributed by atoms with Gasteiger partial charge in [0.2, 0.25) is 0 Å². The first-order chi connectivity index (χ1) is 9.93. The third-order valence-corrected chi connectivity index (χ3v) is 4.36. The summed E-state index contributed by atoms with van der Waals surface area (Å²) in [6, 6.07) is 1.76. The smallest absolute Gasteiger partial charge is 0.253 e. The highest BCUT2D eigenvalue weighted by Gasteiger charge is 2.32. The molecule has 0 saturated heterocycles. The molecule has 1 aromatic rings. The second-order valence-electron chi connectivity index (χ2n) is 6.29. The average Bonchev–Trinajstić information content (AvgIpc) is 2.48. The molecule has 0 spiro atoms. The van der Waals surface area contributed by atoms with Crippen LogP contribution in [0.3, 0.4) is 0 Å². The molecule has 2 N–H and O–H groups in total. The number of carbonyl (C=O) groups is 1. The van der Waals surface area contributed by atoms with Crippen molar-refractivity contribution in [2.75, 3.05) is 6.54 Å². The van der Waals surface area contributed by atoms with E-state index in [1.807, 2.05) is 13.8 Å². The van der Waals surface area contributed by atoms with Crippen molar-refractivity contribution in [1.82, 2.24) is 15.5 Å². The molecule has 0 atom stereocenters. The van der Waals surface area contributed by atoms with Gasteiger partial charge in [-0.05, 0) is 51.0 Å². The molecule has 5 nitrogen and oxygen atoms in total. The number of amides is 1. The minimum atomic E-state index is -0.760. The molecule has 2 rings (SSSR count). The number of nitrogens with one attached hydrogen (secondary N) is 1. The van der Waals surface area contributed by atoms with E-state index in [1.165, 1.54) is 0 Å². The highest BCUT2D eigenvalue weighted by Crippen LogP contribution is 2.31. The third kappa shape index (κ3) is 4.00. The summed E-state index contributed by atoms with van der Waals surface area (Å²) < 4.78 is 0. The Balaban J connectivity index is 2.00. The molecule has 1 aliphatic carbocycles. The van der Waals surface area contributed by atoms with Gasteiger partial charge in [0.1, 0.15) is 0 Å². The zero-order valence-electron chi connectivity index (χ0n) is 13.1. The molecule has 0 aromatic carbocycles. The Kier molecular flexibility index (Phi) is 4.93. The first-order valence-electron chi connectivity index (χ1n) is 7.77. The van der Waals surface area contributed by atoms with E-state index in [-0.39, 0.29) is 5.91 Å². The maximum atomic E-state index is 12.3. The van der Waals surface area contributed by atoms with E-state index in [9.17, 15) is 9.90 Å². The minimum Gasteiger partial charge on any atom is -0.388 e. The molecule has 1 fully saturated rings. The molecular weight excluding hydrogens is 266 g/mol. The Bertz CT molecular complexity index is 508. The van der Waals surface area contributed by atoms with Gasteiger partial charge < -0.3 is 10.4 Å². The van der Waals surface area contributed by atoms with E-state index in [2.05, 4.69) is 22.4 Å². The monoisotopic (exact) mass is 291 g/mol. The summed E-state index contributed by atoms with van der Waals surface area (Å²) in [5.41, 5.74) is 1.23. The average molecular weight is 291 g/mol. The van der Waals surface area contributed by atoms with Crippen LogP contribution in [0, 0.1) is 12.8 Å². The number of hydrogen-bond donors (Lipinski definition) is 2. The Morgan fingerprint density at radius 1 is 1.43 bits per heavy atom.